The molecule has 0 bridgehead atoms. The van der Waals surface area contributed by atoms with Gasteiger partial charge in [-0.1, -0.05) is 6.92 Å². The highest BCUT2D eigenvalue weighted by atomic mass is 32.2. The molecule has 0 spiro atoms. The molecule has 20 heavy (non-hydrogen) atoms. The minimum atomic E-state index is -4.70. The Kier molecular flexibility index (Phi) is 5.49. The van der Waals surface area contributed by atoms with Crippen molar-refractivity contribution in [2.24, 2.45) is 0 Å². The zero-order valence-corrected chi connectivity index (χ0v) is 11.6. The van der Waals surface area contributed by atoms with E-state index in [1.807, 2.05) is 4.72 Å². The topological polar surface area (TPSA) is 58.2 Å². The highest BCUT2D eigenvalue weighted by Gasteiger charge is 2.29. The molecule has 0 fully saturated rings. The van der Waals surface area contributed by atoms with Gasteiger partial charge in [0.05, 0.1) is 0 Å². The third-order valence-electron chi connectivity index (χ3n) is 2.47. The quantitative estimate of drug-likeness (QED) is 0.618. The molecule has 1 aromatic rings. The molecule has 1 rings (SSSR count). The van der Waals surface area contributed by atoms with Crippen molar-refractivity contribution < 1.29 is 26.0 Å². The van der Waals surface area contributed by atoms with Crippen LogP contribution in [-0.4, -0.2) is 27.5 Å². The van der Waals surface area contributed by atoms with Crippen LogP contribution in [-0.2, 0) is 10.0 Å². The molecule has 0 aromatic heterocycles. The van der Waals surface area contributed by atoms with Gasteiger partial charge in [0.1, 0.15) is 0 Å². The van der Waals surface area contributed by atoms with Gasteiger partial charge in [-0.05, 0) is 13.5 Å². The Morgan fingerprint density at radius 2 is 1.65 bits per heavy atom. The van der Waals surface area contributed by atoms with Crippen LogP contribution >= 0.6 is 0 Å². The van der Waals surface area contributed by atoms with Crippen molar-refractivity contribution in [1.82, 2.24) is 10.0 Å². The van der Waals surface area contributed by atoms with E-state index in [4.69, 9.17) is 0 Å². The number of benzene rings is 1. The Labute approximate surface area is 114 Å². The molecule has 0 amide bonds. The van der Waals surface area contributed by atoms with E-state index in [1.165, 1.54) is 0 Å². The lowest BCUT2D eigenvalue weighted by Gasteiger charge is -2.14. The number of halogens is 4. The fourth-order valence-electron chi connectivity index (χ4n) is 1.51. The molecular weight excluding hydrogens is 300 g/mol. The smallest absolute Gasteiger partial charge is 0.246 e. The third-order valence-corrected chi connectivity index (χ3v) is 3.91. The minimum absolute atomic E-state index is 0.0506. The Bertz CT molecular complexity index is 566. The first-order valence-electron chi connectivity index (χ1n) is 5.76. The van der Waals surface area contributed by atoms with Gasteiger partial charge < -0.3 is 5.32 Å². The molecule has 0 saturated heterocycles. The lowest BCUT2D eigenvalue weighted by atomic mass is 10.3. The normalized spacial score (nSPS) is 13.5. The van der Waals surface area contributed by atoms with E-state index < -0.39 is 38.2 Å². The van der Waals surface area contributed by atoms with Crippen molar-refractivity contribution in [2.75, 3.05) is 13.1 Å². The van der Waals surface area contributed by atoms with Crippen LogP contribution < -0.4 is 10.0 Å². The van der Waals surface area contributed by atoms with Crippen molar-refractivity contribution in [3.05, 3.63) is 29.3 Å². The average molecular weight is 314 g/mol. The Morgan fingerprint density at radius 1 is 1.15 bits per heavy atom. The van der Waals surface area contributed by atoms with Crippen molar-refractivity contribution in [1.29, 1.82) is 0 Å². The first kappa shape index (κ1) is 16.9. The zero-order chi connectivity index (χ0) is 15.5. The van der Waals surface area contributed by atoms with Crippen LogP contribution in [0.3, 0.4) is 0 Å². The summed E-state index contributed by atoms with van der Waals surface area (Å²) < 4.78 is 78.1. The molecule has 0 heterocycles. The van der Waals surface area contributed by atoms with Gasteiger partial charge in [-0.15, -0.1) is 0 Å². The van der Waals surface area contributed by atoms with Gasteiger partial charge in [0.25, 0.3) is 0 Å². The second-order valence-electron chi connectivity index (χ2n) is 4.11. The molecule has 1 atom stereocenters. The monoisotopic (exact) mass is 314 g/mol. The number of rotatable bonds is 6. The van der Waals surface area contributed by atoms with Crippen molar-refractivity contribution in [2.45, 2.75) is 24.8 Å². The molecule has 9 heteroatoms. The predicted molar refractivity (Wildman–Crippen MR) is 64.6 cm³/mol. The standard InChI is InChI=1S/C11H14F4N2O2S/c1-3-16-6(2)5-17-20(18,19)11-9(14)7(12)4-8(13)10(11)15/h4,6,16-17H,3,5H2,1-2H3/t6-/m1/s1. The molecule has 0 unspecified atom stereocenters. The second kappa shape index (κ2) is 6.51. The van der Waals surface area contributed by atoms with E-state index in [0.29, 0.717) is 6.54 Å². The molecule has 4 nitrogen and oxygen atoms in total. The Morgan fingerprint density at radius 3 is 2.10 bits per heavy atom. The van der Waals surface area contributed by atoms with E-state index in [2.05, 4.69) is 5.32 Å². The summed E-state index contributed by atoms with van der Waals surface area (Å²) in [6.07, 6.45) is 0. The Balaban J connectivity index is 3.10. The van der Waals surface area contributed by atoms with E-state index in [0.717, 1.165) is 0 Å². The zero-order valence-electron chi connectivity index (χ0n) is 10.8. The predicted octanol–water partition coefficient (Wildman–Crippen LogP) is 1.52. The fourth-order valence-corrected chi connectivity index (χ4v) is 2.80. The molecule has 1 aromatic carbocycles. The van der Waals surface area contributed by atoms with Crippen LogP contribution in [0.1, 0.15) is 13.8 Å². The van der Waals surface area contributed by atoms with Crippen LogP contribution in [0.25, 0.3) is 0 Å². The second-order valence-corrected chi connectivity index (χ2v) is 5.81. The Hall–Kier alpha value is -1.19. The molecule has 0 aliphatic carbocycles. The number of nitrogens with one attached hydrogen (secondary N) is 2. The van der Waals surface area contributed by atoms with E-state index in [-0.39, 0.29) is 18.7 Å². The van der Waals surface area contributed by atoms with Gasteiger partial charge in [-0.25, -0.2) is 30.7 Å². The summed E-state index contributed by atoms with van der Waals surface area (Å²) in [5.74, 6) is -7.45. The van der Waals surface area contributed by atoms with E-state index in [9.17, 15) is 26.0 Å². The first-order chi connectivity index (χ1) is 9.20. The molecule has 0 aliphatic rings. The van der Waals surface area contributed by atoms with Crippen molar-refractivity contribution >= 4 is 10.0 Å². The largest absolute Gasteiger partial charge is 0.313 e. The van der Waals surface area contributed by atoms with Gasteiger partial charge in [-0.3, -0.25) is 0 Å². The summed E-state index contributed by atoms with van der Waals surface area (Å²) in [6, 6.07) is -0.371. The van der Waals surface area contributed by atoms with Crippen LogP contribution in [0.5, 0.6) is 0 Å². The lowest BCUT2D eigenvalue weighted by Crippen LogP contribution is -2.39. The van der Waals surface area contributed by atoms with Gasteiger partial charge in [0.15, 0.2) is 28.2 Å². The minimum Gasteiger partial charge on any atom is -0.313 e. The molecule has 0 saturated carbocycles. The van der Waals surface area contributed by atoms with Crippen LogP contribution in [0.2, 0.25) is 0 Å². The maximum Gasteiger partial charge on any atom is 0.246 e. The number of sulfonamides is 1. The molecule has 2 N–H and O–H groups in total. The summed E-state index contributed by atoms with van der Waals surface area (Å²) in [7, 11) is -4.70. The van der Waals surface area contributed by atoms with E-state index >= 15 is 0 Å². The summed E-state index contributed by atoms with van der Waals surface area (Å²) in [4.78, 5) is -1.65. The molecule has 114 valence electrons. The summed E-state index contributed by atoms with van der Waals surface area (Å²) >= 11 is 0. The van der Waals surface area contributed by atoms with Crippen molar-refractivity contribution in [3.63, 3.8) is 0 Å². The summed E-state index contributed by atoms with van der Waals surface area (Å²) in [5, 5.41) is 2.86. The third kappa shape index (κ3) is 3.68. The summed E-state index contributed by atoms with van der Waals surface area (Å²) in [5.41, 5.74) is 0. The average Bonchev–Trinajstić information content (AvgIpc) is 2.35. The number of hydrogen-bond donors (Lipinski definition) is 2. The molecule has 0 radical (unpaired) electrons. The number of hydrogen-bond acceptors (Lipinski definition) is 3. The van der Waals surface area contributed by atoms with E-state index in [1.54, 1.807) is 13.8 Å². The van der Waals surface area contributed by atoms with Gasteiger partial charge in [0.2, 0.25) is 10.0 Å². The van der Waals surface area contributed by atoms with Crippen molar-refractivity contribution in [3.8, 4) is 0 Å². The first-order valence-corrected chi connectivity index (χ1v) is 7.25. The maximum absolute atomic E-state index is 13.4. The molecular formula is C11H14F4N2O2S. The highest BCUT2D eigenvalue weighted by molar-refractivity contribution is 7.89. The SMILES string of the molecule is CCN[C@H](C)CNS(=O)(=O)c1c(F)c(F)cc(F)c1F. The highest BCUT2D eigenvalue weighted by Crippen LogP contribution is 2.23. The van der Waals surface area contributed by atoms with Gasteiger partial charge in [0, 0.05) is 18.7 Å². The molecule has 0 aliphatic heterocycles. The van der Waals surface area contributed by atoms with Gasteiger partial charge in [-0.2, -0.15) is 0 Å². The fraction of sp³-hybridized carbons (Fsp3) is 0.455. The maximum atomic E-state index is 13.4. The van der Waals surface area contributed by atoms with Crippen LogP contribution in [0.15, 0.2) is 11.0 Å². The lowest BCUT2D eigenvalue weighted by molar-refractivity contribution is 0.417. The number of likely N-dealkylation sites (N-methyl/N-ethyl adjacent to an activating group) is 1. The van der Waals surface area contributed by atoms with Crippen LogP contribution in [0.4, 0.5) is 17.6 Å². The van der Waals surface area contributed by atoms with Gasteiger partial charge >= 0.3 is 0 Å². The summed E-state index contributed by atoms with van der Waals surface area (Å²) in [6.45, 7) is 3.78. The van der Waals surface area contributed by atoms with Crippen LogP contribution in [0, 0.1) is 23.3 Å².